The number of rotatable bonds is 8. The fraction of sp³-hybridized carbons (Fsp3) is 0.167. The molecule has 0 aliphatic heterocycles. The molecule has 0 aliphatic carbocycles. The lowest BCUT2D eigenvalue weighted by Gasteiger charge is -2.17. The highest BCUT2D eigenvalue weighted by Crippen LogP contribution is 2.18. The van der Waals surface area contributed by atoms with E-state index < -0.39 is 34.0 Å². The quantitative estimate of drug-likeness (QED) is 0.555. The summed E-state index contributed by atoms with van der Waals surface area (Å²) < 4.78 is 31.6. The van der Waals surface area contributed by atoms with Gasteiger partial charge in [0, 0.05) is 12.1 Å². The summed E-state index contributed by atoms with van der Waals surface area (Å²) in [5, 5.41) is 1.86. The second kappa shape index (κ2) is 9.62. The van der Waals surface area contributed by atoms with Gasteiger partial charge in [-0.05, 0) is 12.1 Å². The number of nitrogens with one attached hydrogen (secondary N) is 2. The number of hydrogen-bond donors (Lipinski definition) is 3. The summed E-state index contributed by atoms with van der Waals surface area (Å²) in [5.41, 5.74) is 5.27. The van der Waals surface area contributed by atoms with Crippen molar-refractivity contribution in [1.82, 2.24) is 10.0 Å². The Morgan fingerprint density at radius 3 is 2.11 bits per heavy atom. The highest BCUT2D eigenvalue weighted by molar-refractivity contribution is 7.89. The maximum atomic E-state index is 12.1. The summed E-state index contributed by atoms with van der Waals surface area (Å²) in [4.78, 5) is 35.2. The lowest BCUT2D eigenvalue weighted by atomic mass is 10.1. The number of hydrogen-bond acceptors (Lipinski definition) is 6. The third-order valence-corrected chi connectivity index (χ3v) is 4.99. The van der Waals surface area contributed by atoms with Gasteiger partial charge in [-0.1, -0.05) is 48.5 Å². The van der Waals surface area contributed by atoms with Gasteiger partial charge >= 0.3 is 12.0 Å². The molecule has 0 fully saturated rings. The van der Waals surface area contributed by atoms with Crippen LogP contribution in [0.15, 0.2) is 65.6 Å². The molecule has 4 N–H and O–H groups in total. The van der Waals surface area contributed by atoms with Gasteiger partial charge in [0.1, 0.15) is 0 Å². The third-order valence-electron chi connectivity index (χ3n) is 3.51. The van der Waals surface area contributed by atoms with Crippen molar-refractivity contribution in [2.45, 2.75) is 17.4 Å². The first-order chi connectivity index (χ1) is 13.3. The van der Waals surface area contributed by atoms with Crippen LogP contribution in [-0.4, -0.2) is 32.9 Å². The molecule has 0 aliphatic rings. The number of urea groups is 1. The number of sulfonamides is 1. The number of amides is 3. The average molecular weight is 405 g/mol. The van der Waals surface area contributed by atoms with Crippen molar-refractivity contribution in [1.29, 1.82) is 0 Å². The van der Waals surface area contributed by atoms with Crippen LogP contribution in [0.2, 0.25) is 0 Å². The van der Waals surface area contributed by atoms with Crippen LogP contribution in [0.1, 0.15) is 18.1 Å². The van der Waals surface area contributed by atoms with Crippen molar-refractivity contribution < 1.29 is 27.5 Å². The average Bonchev–Trinajstić information content (AvgIpc) is 2.67. The van der Waals surface area contributed by atoms with Crippen LogP contribution >= 0.6 is 0 Å². The van der Waals surface area contributed by atoms with E-state index in [2.05, 4.69) is 4.72 Å². The van der Waals surface area contributed by atoms with Gasteiger partial charge in [0.15, 0.2) is 0 Å². The molecule has 0 heterocycles. The Hall–Kier alpha value is -3.24. The first-order valence-electron chi connectivity index (χ1n) is 8.19. The van der Waals surface area contributed by atoms with Crippen LogP contribution in [0, 0.1) is 0 Å². The van der Waals surface area contributed by atoms with E-state index in [0.29, 0.717) is 5.56 Å². The summed E-state index contributed by atoms with van der Waals surface area (Å²) in [6.45, 7) is -0.227. The van der Waals surface area contributed by atoms with Gasteiger partial charge in [-0.15, -0.1) is 0 Å². The Kier molecular flexibility index (Phi) is 7.24. The minimum atomic E-state index is -3.77. The fourth-order valence-electron chi connectivity index (χ4n) is 2.25. The largest absolute Gasteiger partial charge is 0.447 e. The lowest BCUT2D eigenvalue weighted by Crippen LogP contribution is -2.39. The van der Waals surface area contributed by atoms with E-state index >= 15 is 0 Å². The van der Waals surface area contributed by atoms with Crippen molar-refractivity contribution in [3.05, 3.63) is 66.2 Å². The van der Waals surface area contributed by atoms with Crippen LogP contribution in [0.3, 0.4) is 0 Å². The molecular weight excluding hydrogens is 386 g/mol. The summed E-state index contributed by atoms with van der Waals surface area (Å²) in [6, 6.07) is 14.6. The fourth-order valence-corrected chi connectivity index (χ4v) is 3.30. The number of carbonyl (C=O) groups excluding carboxylic acids is 3. The van der Waals surface area contributed by atoms with Gasteiger partial charge in [0.25, 0.3) is 5.91 Å². The van der Waals surface area contributed by atoms with Crippen molar-refractivity contribution in [3.8, 4) is 0 Å². The number of benzene rings is 2. The normalized spacial score (nSPS) is 12.0. The summed E-state index contributed by atoms with van der Waals surface area (Å²) in [7, 11) is -3.77. The van der Waals surface area contributed by atoms with Gasteiger partial charge in [0.05, 0.1) is 11.3 Å². The van der Waals surface area contributed by atoms with Gasteiger partial charge in [0.2, 0.25) is 16.1 Å². The molecule has 0 spiro atoms. The lowest BCUT2D eigenvalue weighted by molar-refractivity contribution is -0.156. The Morgan fingerprint density at radius 1 is 0.964 bits per heavy atom. The predicted molar refractivity (Wildman–Crippen MR) is 99.2 cm³/mol. The molecule has 9 nitrogen and oxygen atoms in total. The van der Waals surface area contributed by atoms with E-state index in [0.717, 1.165) is 0 Å². The van der Waals surface area contributed by atoms with Gasteiger partial charge in [-0.3, -0.25) is 14.9 Å². The van der Waals surface area contributed by atoms with E-state index in [-0.39, 0.29) is 17.9 Å². The monoisotopic (exact) mass is 405 g/mol. The highest BCUT2D eigenvalue weighted by Gasteiger charge is 2.26. The molecule has 0 saturated heterocycles. The topological polar surface area (TPSA) is 145 Å². The first-order valence-corrected chi connectivity index (χ1v) is 9.67. The maximum Gasteiger partial charge on any atom is 0.318 e. The standard InChI is InChI=1S/C18H19N3O6S/c19-18(24)21-17(23)16(13-7-3-1-4-8-13)27-15(22)11-12-20-28(25,26)14-9-5-2-6-10-14/h1-10,16,20H,11-12H2,(H3,19,21,23,24)/t16-/m1/s1. The second-order valence-corrected chi connectivity index (χ2v) is 7.36. The molecule has 1 atom stereocenters. The van der Waals surface area contributed by atoms with Crippen molar-refractivity contribution in [2.24, 2.45) is 5.73 Å². The molecule has 148 valence electrons. The molecule has 0 radical (unpaired) electrons. The molecule has 0 bridgehead atoms. The zero-order valence-electron chi connectivity index (χ0n) is 14.7. The molecular formula is C18H19N3O6S. The highest BCUT2D eigenvalue weighted by atomic mass is 32.2. The van der Waals surface area contributed by atoms with Crippen LogP contribution in [0.5, 0.6) is 0 Å². The van der Waals surface area contributed by atoms with E-state index in [1.807, 2.05) is 5.32 Å². The molecule has 0 saturated carbocycles. The van der Waals surface area contributed by atoms with Gasteiger partial charge in [-0.25, -0.2) is 17.9 Å². The van der Waals surface area contributed by atoms with Crippen molar-refractivity contribution in [2.75, 3.05) is 6.54 Å². The predicted octanol–water partition coefficient (Wildman–Crippen LogP) is 0.834. The second-order valence-electron chi connectivity index (χ2n) is 5.59. The summed E-state index contributed by atoms with van der Waals surface area (Å²) in [6.07, 6.45) is -1.72. The Labute approximate surface area is 161 Å². The Bertz CT molecular complexity index is 932. The Morgan fingerprint density at radius 2 is 1.54 bits per heavy atom. The molecule has 2 aromatic carbocycles. The minimum absolute atomic E-state index is 0.0614. The van der Waals surface area contributed by atoms with E-state index in [4.69, 9.17) is 10.5 Å². The number of primary amides is 1. The van der Waals surface area contributed by atoms with E-state index in [1.54, 1.807) is 36.4 Å². The number of ether oxygens (including phenoxy) is 1. The maximum absolute atomic E-state index is 12.1. The number of nitrogens with two attached hydrogens (primary N) is 1. The summed E-state index contributed by atoms with van der Waals surface area (Å²) >= 11 is 0. The summed E-state index contributed by atoms with van der Waals surface area (Å²) in [5.74, 6) is -1.74. The van der Waals surface area contributed by atoms with Crippen molar-refractivity contribution in [3.63, 3.8) is 0 Å². The smallest absolute Gasteiger partial charge is 0.318 e. The number of imide groups is 1. The molecule has 2 rings (SSSR count). The van der Waals surface area contributed by atoms with Crippen molar-refractivity contribution >= 4 is 27.9 Å². The first kappa shape index (κ1) is 21.1. The SMILES string of the molecule is NC(=O)NC(=O)[C@H](OC(=O)CCNS(=O)(=O)c1ccccc1)c1ccccc1. The zero-order valence-corrected chi connectivity index (χ0v) is 15.5. The van der Waals surface area contributed by atoms with Crippen LogP contribution < -0.4 is 15.8 Å². The number of esters is 1. The van der Waals surface area contributed by atoms with Crippen LogP contribution in [0.4, 0.5) is 4.79 Å². The molecule has 28 heavy (non-hydrogen) atoms. The number of carbonyl (C=O) groups is 3. The molecule has 2 aromatic rings. The van der Waals surface area contributed by atoms with Crippen LogP contribution in [-0.2, 0) is 24.3 Å². The van der Waals surface area contributed by atoms with E-state index in [1.165, 1.54) is 24.3 Å². The third kappa shape index (κ3) is 6.18. The minimum Gasteiger partial charge on any atom is -0.447 e. The van der Waals surface area contributed by atoms with Gasteiger partial charge < -0.3 is 10.5 Å². The van der Waals surface area contributed by atoms with Gasteiger partial charge in [-0.2, -0.15) is 0 Å². The molecule has 0 aromatic heterocycles. The zero-order chi connectivity index (χ0) is 20.6. The molecule has 0 unspecified atom stereocenters. The molecule has 3 amide bonds. The van der Waals surface area contributed by atoms with Crippen LogP contribution in [0.25, 0.3) is 0 Å². The van der Waals surface area contributed by atoms with E-state index in [9.17, 15) is 22.8 Å². The molecule has 10 heteroatoms. The Balaban J connectivity index is 1.98.